The van der Waals surface area contributed by atoms with Crippen molar-refractivity contribution in [2.75, 3.05) is 26.3 Å². The van der Waals surface area contributed by atoms with Crippen LogP contribution < -0.4 is 16.0 Å². The van der Waals surface area contributed by atoms with E-state index in [1.54, 1.807) is 10.5 Å². The third-order valence-electron chi connectivity index (χ3n) is 2.74. The highest BCUT2D eigenvalue weighted by atomic mass is 32.1. The van der Waals surface area contributed by atoms with Gasteiger partial charge >= 0.3 is 0 Å². The first-order valence-corrected chi connectivity index (χ1v) is 7.19. The number of rotatable bonds is 11. The molecule has 1 aliphatic heterocycles. The van der Waals surface area contributed by atoms with Gasteiger partial charge in [-0.3, -0.25) is 4.31 Å². The number of hydrogen-bond acceptors (Lipinski definition) is 6. The zero-order valence-electron chi connectivity index (χ0n) is 12.1. The summed E-state index contributed by atoms with van der Waals surface area (Å²) in [5.74, 6) is 1.68. The molecule has 0 bridgehead atoms. The third-order valence-corrected chi connectivity index (χ3v) is 3.20. The minimum absolute atomic E-state index is 0.740. The zero-order valence-corrected chi connectivity index (χ0v) is 13.0. The normalized spacial score (nSPS) is 13.5. The molecule has 1 aliphatic rings. The van der Waals surface area contributed by atoms with E-state index in [2.05, 4.69) is 65.9 Å². The quantitative estimate of drug-likeness (QED) is 0.344. The Morgan fingerprint density at radius 1 is 1.45 bits per heavy atom. The number of allylic oxidation sites excluding steroid dienone is 1. The van der Waals surface area contributed by atoms with Crippen molar-refractivity contribution in [1.29, 1.82) is 0 Å². The summed E-state index contributed by atoms with van der Waals surface area (Å²) in [6.07, 6.45) is 8.85. The van der Waals surface area contributed by atoms with Gasteiger partial charge < -0.3 is 20.9 Å². The van der Waals surface area contributed by atoms with Crippen molar-refractivity contribution in [3.8, 4) is 0 Å². The van der Waals surface area contributed by atoms with E-state index in [4.69, 9.17) is 0 Å². The molecule has 0 spiro atoms. The van der Waals surface area contributed by atoms with Crippen molar-refractivity contribution < 1.29 is 0 Å². The van der Waals surface area contributed by atoms with Crippen molar-refractivity contribution in [3.05, 3.63) is 49.4 Å². The zero-order chi connectivity index (χ0) is 14.8. The molecule has 0 saturated carbocycles. The van der Waals surface area contributed by atoms with Gasteiger partial charge in [-0.1, -0.05) is 32.9 Å². The van der Waals surface area contributed by atoms with Gasteiger partial charge in [-0.25, -0.2) is 0 Å². The van der Waals surface area contributed by atoms with E-state index < -0.39 is 0 Å². The van der Waals surface area contributed by atoms with Gasteiger partial charge in [0.15, 0.2) is 0 Å². The predicted octanol–water partition coefficient (Wildman–Crippen LogP) is 1.55. The smallest absolute Gasteiger partial charge is 0.113 e. The van der Waals surface area contributed by atoms with E-state index in [0.29, 0.717) is 0 Å². The van der Waals surface area contributed by atoms with Gasteiger partial charge in [0.05, 0.1) is 6.67 Å². The summed E-state index contributed by atoms with van der Waals surface area (Å²) in [6, 6.07) is 0. The van der Waals surface area contributed by atoms with Gasteiger partial charge in [-0.15, -0.1) is 0 Å². The van der Waals surface area contributed by atoms with Crippen molar-refractivity contribution in [2.24, 2.45) is 0 Å². The molecule has 1 heterocycles. The fraction of sp³-hybridized carbons (Fsp3) is 0.429. The van der Waals surface area contributed by atoms with Crippen LogP contribution in [0.25, 0.3) is 0 Å². The van der Waals surface area contributed by atoms with Gasteiger partial charge in [0, 0.05) is 19.6 Å². The van der Waals surface area contributed by atoms with Crippen LogP contribution in [0.3, 0.4) is 0 Å². The van der Waals surface area contributed by atoms with E-state index in [0.717, 1.165) is 44.4 Å². The molecule has 0 fully saturated rings. The van der Waals surface area contributed by atoms with E-state index in [-0.39, 0.29) is 0 Å². The van der Waals surface area contributed by atoms with Crippen LogP contribution in [0.5, 0.6) is 0 Å². The molecule has 3 N–H and O–H groups in total. The van der Waals surface area contributed by atoms with Crippen LogP contribution in [-0.4, -0.2) is 35.5 Å². The summed E-state index contributed by atoms with van der Waals surface area (Å²) in [5, 5.41) is 9.61. The maximum atomic E-state index is 4.49. The second kappa shape index (κ2) is 9.25. The van der Waals surface area contributed by atoms with E-state index in [1.165, 1.54) is 0 Å². The fourth-order valence-electron chi connectivity index (χ4n) is 1.58. The summed E-state index contributed by atoms with van der Waals surface area (Å²) < 4.78 is 1.74. The SMILES string of the molecule is C=CNCCN/C(=C\CC)N(S)C(=C)NCN1C=CC1. The van der Waals surface area contributed by atoms with Crippen LogP contribution in [0.4, 0.5) is 0 Å². The minimum atomic E-state index is 0.740. The first-order chi connectivity index (χ1) is 9.69. The number of nitrogens with one attached hydrogen (secondary N) is 3. The Balaban J connectivity index is 2.38. The minimum Gasteiger partial charge on any atom is -0.390 e. The van der Waals surface area contributed by atoms with Gasteiger partial charge in [-0.05, 0) is 31.0 Å². The van der Waals surface area contributed by atoms with Crippen LogP contribution in [-0.2, 0) is 0 Å². The molecule has 0 saturated heterocycles. The lowest BCUT2D eigenvalue weighted by Crippen LogP contribution is -2.38. The van der Waals surface area contributed by atoms with Gasteiger partial charge in [0.1, 0.15) is 11.6 Å². The molecule has 0 aromatic heterocycles. The summed E-state index contributed by atoms with van der Waals surface area (Å²) in [5.41, 5.74) is 0. The Kier molecular flexibility index (Phi) is 7.57. The summed E-state index contributed by atoms with van der Waals surface area (Å²) >= 11 is 4.49. The molecule has 0 aromatic carbocycles. The Morgan fingerprint density at radius 3 is 2.75 bits per heavy atom. The molecule has 0 amide bonds. The summed E-state index contributed by atoms with van der Waals surface area (Å²) in [7, 11) is 0. The molecule has 6 heteroatoms. The Morgan fingerprint density at radius 2 is 2.20 bits per heavy atom. The highest BCUT2D eigenvalue weighted by Gasteiger charge is 2.10. The molecule has 0 aliphatic carbocycles. The number of thiol groups is 1. The Bertz CT molecular complexity index is 378. The largest absolute Gasteiger partial charge is 0.390 e. The van der Waals surface area contributed by atoms with E-state index >= 15 is 0 Å². The second-order valence-corrected chi connectivity index (χ2v) is 4.73. The third kappa shape index (κ3) is 5.52. The second-order valence-electron chi connectivity index (χ2n) is 4.33. The van der Waals surface area contributed by atoms with Crippen molar-refractivity contribution >= 4 is 12.8 Å². The number of hydrogen-bond donors (Lipinski definition) is 4. The van der Waals surface area contributed by atoms with Crippen molar-refractivity contribution in [1.82, 2.24) is 25.2 Å². The lowest BCUT2D eigenvalue weighted by Gasteiger charge is -2.30. The van der Waals surface area contributed by atoms with Gasteiger partial charge in [-0.2, -0.15) is 0 Å². The Labute approximate surface area is 127 Å². The van der Waals surface area contributed by atoms with E-state index in [1.807, 2.05) is 6.20 Å². The topological polar surface area (TPSA) is 42.6 Å². The maximum Gasteiger partial charge on any atom is 0.113 e. The van der Waals surface area contributed by atoms with E-state index in [9.17, 15) is 0 Å². The Hall–Kier alpha value is -1.69. The molecule has 5 nitrogen and oxygen atoms in total. The average Bonchev–Trinajstić information content (AvgIpc) is 2.39. The van der Waals surface area contributed by atoms with Crippen LogP contribution in [0.15, 0.2) is 49.4 Å². The first-order valence-electron chi connectivity index (χ1n) is 6.79. The molecular weight excluding hydrogens is 270 g/mol. The molecule has 0 unspecified atom stereocenters. The highest BCUT2D eigenvalue weighted by molar-refractivity contribution is 7.78. The average molecular weight is 295 g/mol. The molecule has 1 rings (SSSR count). The lowest BCUT2D eigenvalue weighted by molar-refractivity contribution is 0.344. The fourth-order valence-corrected chi connectivity index (χ4v) is 1.80. The molecular formula is C14H25N5S. The lowest BCUT2D eigenvalue weighted by atomic mass is 10.4. The molecule has 0 radical (unpaired) electrons. The van der Waals surface area contributed by atoms with Gasteiger partial charge in [0.25, 0.3) is 0 Å². The summed E-state index contributed by atoms with van der Waals surface area (Å²) in [6.45, 7) is 13.0. The molecule has 20 heavy (non-hydrogen) atoms. The maximum absolute atomic E-state index is 4.49. The predicted molar refractivity (Wildman–Crippen MR) is 88.4 cm³/mol. The number of nitrogens with zero attached hydrogens (tertiary/aromatic N) is 2. The van der Waals surface area contributed by atoms with Crippen LogP contribution >= 0.6 is 12.8 Å². The van der Waals surface area contributed by atoms with Crippen LogP contribution in [0, 0.1) is 0 Å². The highest BCUT2D eigenvalue weighted by Crippen LogP contribution is 2.11. The van der Waals surface area contributed by atoms with Gasteiger partial charge in [0.2, 0.25) is 0 Å². The standard InChI is InChI=1S/C14H25N5S/c1-4-7-14(16-9-8-15-5-2)19(20)13(3)17-12-18-10-6-11-18/h5-7,10,15-17,20H,2-4,8-9,11-12H2,1H3/b14-7+. The van der Waals surface area contributed by atoms with Crippen molar-refractivity contribution in [3.63, 3.8) is 0 Å². The molecule has 112 valence electrons. The first kappa shape index (κ1) is 16.4. The summed E-state index contributed by atoms with van der Waals surface area (Å²) in [4.78, 5) is 2.15. The van der Waals surface area contributed by atoms with Crippen LogP contribution in [0.2, 0.25) is 0 Å². The molecule has 0 atom stereocenters. The molecule has 0 aromatic rings. The monoisotopic (exact) mass is 295 g/mol. The van der Waals surface area contributed by atoms with Crippen molar-refractivity contribution in [2.45, 2.75) is 13.3 Å². The van der Waals surface area contributed by atoms with Crippen LogP contribution in [0.1, 0.15) is 13.3 Å².